The molecule has 8 heteroatoms. The molecule has 0 aromatic heterocycles. The van der Waals surface area contributed by atoms with Gasteiger partial charge in [-0.1, -0.05) is 30.3 Å². The highest BCUT2D eigenvalue weighted by Gasteiger charge is 2.23. The second-order valence-corrected chi connectivity index (χ2v) is 6.61. The molecule has 2 rings (SSSR count). The van der Waals surface area contributed by atoms with Crippen LogP contribution in [0.4, 0.5) is 0 Å². The smallest absolute Gasteiger partial charge is 0.339 e. The van der Waals surface area contributed by atoms with Crippen molar-refractivity contribution >= 4 is 33.8 Å². The van der Waals surface area contributed by atoms with Gasteiger partial charge in [-0.05, 0) is 39.7 Å². The molecule has 28 heavy (non-hydrogen) atoms. The van der Waals surface area contributed by atoms with Crippen LogP contribution in [0.1, 0.15) is 15.9 Å². The van der Waals surface area contributed by atoms with Gasteiger partial charge < -0.3 is 19.5 Å². The highest BCUT2D eigenvalue weighted by molar-refractivity contribution is 9.10. The summed E-state index contributed by atoms with van der Waals surface area (Å²) < 4.78 is 15.4. The minimum atomic E-state index is -0.887. The topological polar surface area (TPSA) is 90.9 Å². The van der Waals surface area contributed by atoms with E-state index >= 15 is 0 Å². The zero-order valence-corrected chi connectivity index (χ0v) is 17.0. The Morgan fingerprint density at radius 2 is 1.79 bits per heavy atom. The van der Waals surface area contributed by atoms with E-state index in [-0.39, 0.29) is 12.0 Å². The fourth-order valence-corrected chi connectivity index (χ4v) is 2.83. The molecule has 0 heterocycles. The Balaban J connectivity index is 1.97. The summed E-state index contributed by atoms with van der Waals surface area (Å²) in [6, 6.07) is 13.1. The van der Waals surface area contributed by atoms with Crippen molar-refractivity contribution in [2.75, 3.05) is 20.8 Å². The number of benzene rings is 2. The number of hydrogen-bond acceptors (Lipinski definition) is 6. The van der Waals surface area contributed by atoms with Gasteiger partial charge in [-0.2, -0.15) is 0 Å². The number of ether oxygens (including phenoxy) is 3. The molecule has 1 amide bonds. The average Bonchev–Trinajstić information content (AvgIpc) is 2.72. The Morgan fingerprint density at radius 3 is 2.43 bits per heavy atom. The Kier molecular flexibility index (Phi) is 8.01. The number of nitrogens with one attached hydrogen (secondary N) is 1. The van der Waals surface area contributed by atoms with Crippen LogP contribution in [0, 0.1) is 0 Å². The molecule has 0 aliphatic carbocycles. The van der Waals surface area contributed by atoms with E-state index in [4.69, 9.17) is 14.2 Å². The molecule has 0 spiro atoms. The molecule has 0 radical (unpaired) electrons. The van der Waals surface area contributed by atoms with Crippen molar-refractivity contribution in [1.82, 2.24) is 5.32 Å². The van der Waals surface area contributed by atoms with Gasteiger partial charge in [-0.15, -0.1) is 0 Å². The molecule has 2 aromatic rings. The predicted molar refractivity (Wildman–Crippen MR) is 105 cm³/mol. The normalized spacial score (nSPS) is 11.2. The molecule has 148 valence electrons. The average molecular weight is 450 g/mol. The van der Waals surface area contributed by atoms with Crippen LogP contribution in [-0.4, -0.2) is 44.7 Å². The van der Waals surface area contributed by atoms with Gasteiger partial charge in [-0.25, -0.2) is 9.59 Å². The quantitative estimate of drug-likeness (QED) is 0.622. The van der Waals surface area contributed by atoms with Crippen LogP contribution in [0.25, 0.3) is 0 Å². The fraction of sp³-hybridized carbons (Fsp3) is 0.250. The van der Waals surface area contributed by atoms with Gasteiger partial charge in [0.1, 0.15) is 11.8 Å². The summed E-state index contributed by atoms with van der Waals surface area (Å²) in [6.07, 6.45) is 0.259. The summed E-state index contributed by atoms with van der Waals surface area (Å²) in [7, 11) is 2.72. The number of esters is 2. The van der Waals surface area contributed by atoms with E-state index in [9.17, 15) is 14.4 Å². The summed E-state index contributed by atoms with van der Waals surface area (Å²) in [5.74, 6) is -1.41. The van der Waals surface area contributed by atoms with Gasteiger partial charge in [-0.3, -0.25) is 4.79 Å². The maximum absolute atomic E-state index is 12.2. The van der Waals surface area contributed by atoms with Gasteiger partial charge in [0, 0.05) is 10.9 Å². The molecule has 0 aliphatic rings. The summed E-state index contributed by atoms with van der Waals surface area (Å²) in [6.45, 7) is -0.537. The first kappa shape index (κ1) is 21.4. The van der Waals surface area contributed by atoms with Crippen molar-refractivity contribution in [3.63, 3.8) is 0 Å². The summed E-state index contributed by atoms with van der Waals surface area (Å²) in [4.78, 5) is 36.4. The highest BCUT2D eigenvalue weighted by Crippen LogP contribution is 2.23. The Hall–Kier alpha value is -2.87. The third kappa shape index (κ3) is 6.09. The van der Waals surface area contributed by atoms with Crippen LogP contribution in [0.2, 0.25) is 0 Å². The van der Waals surface area contributed by atoms with Gasteiger partial charge in [0.25, 0.3) is 5.91 Å². The maximum atomic E-state index is 12.2. The molecule has 0 aliphatic heterocycles. The maximum Gasteiger partial charge on any atom is 0.339 e. The van der Waals surface area contributed by atoms with Gasteiger partial charge in [0.15, 0.2) is 6.61 Å². The Labute approximate surface area is 171 Å². The SMILES string of the molecule is COC(=O)C(Cc1ccccc1)NC(=O)COC(=O)c1cc(OC)ccc1Br. The largest absolute Gasteiger partial charge is 0.497 e. The van der Waals surface area contributed by atoms with Gasteiger partial charge in [0.05, 0.1) is 19.8 Å². The van der Waals surface area contributed by atoms with Gasteiger partial charge >= 0.3 is 11.9 Å². The number of amides is 1. The van der Waals surface area contributed by atoms with Crippen LogP contribution in [0.5, 0.6) is 5.75 Å². The lowest BCUT2D eigenvalue weighted by Gasteiger charge is -2.16. The van der Waals surface area contributed by atoms with Crippen molar-refractivity contribution in [3.05, 3.63) is 64.1 Å². The molecule has 0 fully saturated rings. The molecular weight excluding hydrogens is 430 g/mol. The van der Waals surface area contributed by atoms with E-state index in [1.807, 2.05) is 30.3 Å². The molecule has 0 saturated carbocycles. The number of methoxy groups -OCH3 is 2. The van der Waals surface area contributed by atoms with Crippen molar-refractivity contribution in [1.29, 1.82) is 0 Å². The Bertz CT molecular complexity index is 840. The second-order valence-electron chi connectivity index (χ2n) is 5.75. The molecule has 1 N–H and O–H groups in total. The molecule has 0 saturated heterocycles. The van der Waals surface area contributed by atoms with E-state index in [0.717, 1.165) is 5.56 Å². The zero-order chi connectivity index (χ0) is 20.5. The number of halogens is 1. The highest BCUT2D eigenvalue weighted by atomic mass is 79.9. The van der Waals surface area contributed by atoms with Crippen LogP contribution < -0.4 is 10.1 Å². The van der Waals surface area contributed by atoms with Crippen LogP contribution in [0.15, 0.2) is 53.0 Å². The van der Waals surface area contributed by atoms with Crippen molar-refractivity contribution < 1.29 is 28.6 Å². The van der Waals surface area contributed by atoms with E-state index in [1.165, 1.54) is 20.3 Å². The third-order valence-corrected chi connectivity index (χ3v) is 4.52. The van der Waals surface area contributed by atoms with E-state index < -0.39 is 30.5 Å². The lowest BCUT2D eigenvalue weighted by atomic mass is 10.1. The molecule has 7 nitrogen and oxygen atoms in total. The molecule has 0 bridgehead atoms. The summed E-state index contributed by atoms with van der Waals surface area (Å²) in [5.41, 5.74) is 1.08. The minimum Gasteiger partial charge on any atom is -0.497 e. The van der Waals surface area contributed by atoms with Gasteiger partial charge in [0.2, 0.25) is 0 Å². The van der Waals surface area contributed by atoms with Crippen molar-refractivity contribution in [2.45, 2.75) is 12.5 Å². The monoisotopic (exact) mass is 449 g/mol. The first-order valence-corrected chi connectivity index (χ1v) is 9.15. The van der Waals surface area contributed by atoms with E-state index in [1.54, 1.807) is 12.1 Å². The zero-order valence-electron chi connectivity index (χ0n) is 15.4. The summed E-state index contributed by atoms with van der Waals surface area (Å²) >= 11 is 3.25. The first-order chi connectivity index (χ1) is 13.4. The minimum absolute atomic E-state index is 0.223. The van der Waals surface area contributed by atoms with Crippen LogP contribution in [-0.2, 0) is 25.5 Å². The van der Waals surface area contributed by atoms with Crippen LogP contribution >= 0.6 is 15.9 Å². The van der Waals surface area contributed by atoms with E-state index in [2.05, 4.69) is 21.2 Å². The number of hydrogen-bond donors (Lipinski definition) is 1. The summed E-state index contributed by atoms with van der Waals surface area (Å²) in [5, 5.41) is 2.53. The molecule has 1 unspecified atom stereocenters. The van der Waals surface area contributed by atoms with Crippen molar-refractivity contribution in [2.24, 2.45) is 0 Å². The van der Waals surface area contributed by atoms with E-state index in [0.29, 0.717) is 10.2 Å². The number of carbonyl (C=O) groups is 3. The third-order valence-electron chi connectivity index (χ3n) is 3.83. The fourth-order valence-electron chi connectivity index (χ4n) is 2.42. The Morgan fingerprint density at radius 1 is 1.07 bits per heavy atom. The predicted octanol–water partition coefficient (Wildman–Crippen LogP) is 2.51. The number of carbonyl (C=O) groups excluding carboxylic acids is 3. The molecule has 2 aromatic carbocycles. The lowest BCUT2D eigenvalue weighted by molar-refractivity contribution is -0.145. The van der Waals surface area contributed by atoms with Crippen LogP contribution in [0.3, 0.4) is 0 Å². The van der Waals surface area contributed by atoms with Crippen molar-refractivity contribution in [3.8, 4) is 5.75 Å². The first-order valence-electron chi connectivity index (χ1n) is 8.36. The molecule has 1 atom stereocenters. The number of rotatable bonds is 8. The standard InChI is InChI=1S/C20H20BrNO6/c1-26-14-8-9-16(21)15(11-14)19(24)28-12-18(23)22-17(20(25)27-2)10-13-6-4-3-5-7-13/h3-9,11,17H,10,12H2,1-2H3,(H,22,23). The lowest BCUT2D eigenvalue weighted by Crippen LogP contribution is -2.44. The second kappa shape index (κ2) is 10.5. The molecular formula is C20H20BrNO6.